The van der Waals surface area contributed by atoms with Crippen LogP contribution in [0.3, 0.4) is 0 Å². The van der Waals surface area contributed by atoms with Crippen LogP contribution in [0.2, 0.25) is 0 Å². The summed E-state index contributed by atoms with van der Waals surface area (Å²) in [5, 5.41) is 2.90. The monoisotopic (exact) mass is 473 g/mol. The van der Waals surface area contributed by atoms with Gasteiger partial charge in [0.15, 0.2) is 0 Å². The molecule has 0 atom stereocenters. The maximum atomic E-state index is 13.4. The molecule has 2 fully saturated rings. The zero-order valence-electron chi connectivity index (χ0n) is 19.0. The van der Waals surface area contributed by atoms with Crippen molar-refractivity contribution in [2.45, 2.75) is 30.6 Å². The number of hydrogen-bond donors (Lipinski definition) is 1. The van der Waals surface area contributed by atoms with E-state index in [1.54, 1.807) is 12.1 Å². The van der Waals surface area contributed by atoms with Crippen molar-refractivity contribution in [3.8, 4) is 5.75 Å². The Bertz CT molecular complexity index is 1080. The predicted octanol–water partition coefficient (Wildman–Crippen LogP) is 3.35. The third-order valence-corrected chi connectivity index (χ3v) is 8.01. The normalized spacial score (nSPS) is 17.9. The van der Waals surface area contributed by atoms with Crippen molar-refractivity contribution in [2.24, 2.45) is 0 Å². The molecular formula is C24H31N3O5S. The van der Waals surface area contributed by atoms with Gasteiger partial charge in [0.1, 0.15) is 10.6 Å². The standard InChI is InChI=1S/C24H31N3O5S/c1-31-22-10-9-19(17-23(22)33(29,30)27-11-4-2-3-5-12-27)24(28)25-20-7-6-8-21(18-20)26-13-15-32-16-14-26/h6-10,17-18H,2-5,11-16H2,1H3,(H,25,28). The van der Waals surface area contributed by atoms with Gasteiger partial charge in [-0.25, -0.2) is 8.42 Å². The van der Waals surface area contributed by atoms with E-state index < -0.39 is 10.0 Å². The Labute approximate surface area is 195 Å². The van der Waals surface area contributed by atoms with Gasteiger partial charge in [-0.05, 0) is 49.2 Å². The Kier molecular flexibility index (Phi) is 7.52. The lowest BCUT2D eigenvalue weighted by Gasteiger charge is -2.29. The lowest BCUT2D eigenvalue weighted by molar-refractivity contribution is 0.102. The summed E-state index contributed by atoms with van der Waals surface area (Å²) >= 11 is 0. The second-order valence-electron chi connectivity index (χ2n) is 8.29. The van der Waals surface area contributed by atoms with Crippen LogP contribution in [0.1, 0.15) is 36.0 Å². The van der Waals surface area contributed by atoms with Crippen molar-refractivity contribution < 1.29 is 22.7 Å². The molecule has 2 aromatic carbocycles. The zero-order chi connectivity index (χ0) is 23.3. The first-order valence-corrected chi connectivity index (χ1v) is 12.9. The molecule has 0 aliphatic carbocycles. The van der Waals surface area contributed by atoms with E-state index in [-0.39, 0.29) is 22.1 Å². The highest BCUT2D eigenvalue weighted by atomic mass is 32.2. The molecule has 0 bridgehead atoms. The number of anilines is 2. The first kappa shape index (κ1) is 23.5. The first-order chi connectivity index (χ1) is 16.0. The molecule has 1 amide bonds. The minimum Gasteiger partial charge on any atom is -0.495 e. The van der Waals surface area contributed by atoms with E-state index in [2.05, 4.69) is 10.2 Å². The highest BCUT2D eigenvalue weighted by Gasteiger charge is 2.29. The van der Waals surface area contributed by atoms with Gasteiger partial charge >= 0.3 is 0 Å². The lowest BCUT2D eigenvalue weighted by Crippen LogP contribution is -2.36. The van der Waals surface area contributed by atoms with Crippen molar-refractivity contribution in [3.05, 3.63) is 48.0 Å². The number of hydrogen-bond acceptors (Lipinski definition) is 6. The number of sulfonamides is 1. The maximum Gasteiger partial charge on any atom is 0.255 e. The van der Waals surface area contributed by atoms with Crippen LogP contribution >= 0.6 is 0 Å². The third kappa shape index (κ3) is 5.48. The number of nitrogens with one attached hydrogen (secondary N) is 1. The van der Waals surface area contributed by atoms with Crippen LogP contribution in [0.25, 0.3) is 0 Å². The van der Waals surface area contributed by atoms with E-state index >= 15 is 0 Å². The van der Waals surface area contributed by atoms with Gasteiger partial charge in [-0.1, -0.05) is 18.9 Å². The van der Waals surface area contributed by atoms with Crippen LogP contribution in [0.4, 0.5) is 11.4 Å². The second kappa shape index (κ2) is 10.5. The maximum absolute atomic E-state index is 13.4. The molecule has 8 nitrogen and oxygen atoms in total. The van der Waals surface area contributed by atoms with Crippen molar-refractivity contribution in [3.63, 3.8) is 0 Å². The van der Waals surface area contributed by atoms with Crippen LogP contribution in [0, 0.1) is 0 Å². The first-order valence-electron chi connectivity index (χ1n) is 11.4. The average Bonchev–Trinajstić information content (AvgIpc) is 3.15. The summed E-state index contributed by atoms with van der Waals surface area (Å²) in [7, 11) is -2.33. The molecule has 0 spiro atoms. The summed E-state index contributed by atoms with van der Waals surface area (Å²) in [6, 6.07) is 12.2. The molecule has 2 aromatic rings. The van der Waals surface area contributed by atoms with E-state index in [0.717, 1.165) is 44.5 Å². The van der Waals surface area contributed by atoms with Crippen LogP contribution < -0.4 is 15.0 Å². The minimum atomic E-state index is -3.77. The molecule has 4 rings (SSSR count). The van der Waals surface area contributed by atoms with E-state index in [0.29, 0.717) is 32.0 Å². The van der Waals surface area contributed by atoms with Crippen molar-refractivity contribution in [1.29, 1.82) is 0 Å². The van der Waals surface area contributed by atoms with E-state index in [4.69, 9.17) is 9.47 Å². The molecule has 0 unspecified atom stereocenters. The Morgan fingerprint density at radius 3 is 2.39 bits per heavy atom. The lowest BCUT2D eigenvalue weighted by atomic mass is 10.2. The molecule has 178 valence electrons. The fourth-order valence-corrected chi connectivity index (χ4v) is 5.94. The van der Waals surface area contributed by atoms with Gasteiger partial charge in [0, 0.05) is 43.1 Å². The van der Waals surface area contributed by atoms with Crippen molar-refractivity contribution in [2.75, 3.05) is 56.7 Å². The molecule has 2 saturated heterocycles. The van der Waals surface area contributed by atoms with Gasteiger partial charge in [-0.3, -0.25) is 4.79 Å². The summed E-state index contributed by atoms with van der Waals surface area (Å²) in [5.41, 5.74) is 1.92. The molecule has 0 radical (unpaired) electrons. The predicted molar refractivity (Wildman–Crippen MR) is 128 cm³/mol. The molecular weight excluding hydrogens is 442 g/mol. The summed E-state index contributed by atoms with van der Waals surface area (Å²) in [4.78, 5) is 15.3. The van der Waals surface area contributed by atoms with Gasteiger partial charge in [0.25, 0.3) is 5.91 Å². The van der Waals surface area contributed by atoms with Gasteiger partial charge in [-0.15, -0.1) is 0 Å². The highest BCUT2D eigenvalue weighted by molar-refractivity contribution is 7.89. The number of carbonyl (C=O) groups is 1. The summed E-state index contributed by atoms with van der Waals surface area (Å²) in [6.45, 7) is 3.92. The van der Waals surface area contributed by atoms with E-state index in [1.165, 1.54) is 17.5 Å². The van der Waals surface area contributed by atoms with Crippen LogP contribution in [-0.4, -0.2) is 65.1 Å². The summed E-state index contributed by atoms with van der Waals surface area (Å²) < 4.78 is 39.0. The smallest absolute Gasteiger partial charge is 0.255 e. The van der Waals surface area contributed by atoms with Gasteiger partial charge in [0.2, 0.25) is 10.0 Å². The zero-order valence-corrected chi connectivity index (χ0v) is 19.8. The Morgan fingerprint density at radius 1 is 0.970 bits per heavy atom. The molecule has 33 heavy (non-hydrogen) atoms. The van der Waals surface area contributed by atoms with Crippen molar-refractivity contribution in [1.82, 2.24) is 4.31 Å². The molecule has 2 heterocycles. The highest BCUT2D eigenvalue weighted by Crippen LogP contribution is 2.30. The molecule has 0 aromatic heterocycles. The van der Waals surface area contributed by atoms with E-state index in [9.17, 15) is 13.2 Å². The molecule has 1 N–H and O–H groups in total. The average molecular weight is 474 g/mol. The second-order valence-corrected chi connectivity index (χ2v) is 10.2. The van der Waals surface area contributed by atoms with Gasteiger partial charge < -0.3 is 19.7 Å². The molecule has 0 saturated carbocycles. The fourth-order valence-electron chi connectivity index (χ4n) is 4.25. The van der Waals surface area contributed by atoms with E-state index in [1.807, 2.05) is 24.3 Å². The SMILES string of the molecule is COc1ccc(C(=O)Nc2cccc(N3CCOCC3)c2)cc1S(=O)(=O)N1CCCCCC1. The van der Waals surface area contributed by atoms with Crippen LogP contribution in [0.15, 0.2) is 47.4 Å². The largest absolute Gasteiger partial charge is 0.495 e. The Morgan fingerprint density at radius 2 is 1.70 bits per heavy atom. The number of morpholine rings is 1. The van der Waals surface area contributed by atoms with Crippen LogP contribution in [-0.2, 0) is 14.8 Å². The minimum absolute atomic E-state index is 0.0293. The molecule has 2 aliphatic heterocycles. The summed E-state index contributed by atoms with van der Waals surface area (Å²) in [5.74, 6) is -0.130. The fraction of sp³-hybridized carbons (Fsp3) is 0.458. The third-order valence-electron chi connectivity index (χ3n) is 6.09. The number of ether oxygens (including phenoxy) is 2. The molecule has 9 heteroatoms. The number of benzene rings is 2. The Hall–Kier alpha value is -2.62. The van der Waals surface area contributed by atoms with Gasteiger partial charge in [0.05, 0.1) is 20.3 Å². The number of carbonyl (C=O) groups excluding carboxylic acids is 1. The number of rotatable bonds is 6. The number of methoxy groups -OCH3 is 1. The number of nitrogens with zero attached hydrogens (tertiary/aromatic N) is 2. The topological polar surface area (TPSA) is 88.2 Å². The van der Waals surface area contributed by atoms with Crippen LogP contribution in [0.5, 0.6) is 5.75 Å². The quantitative estimate of drug-likeness (QED) is 0.692. The van der Waals surface area contributed by atoms with Crippen molar-refractivity contribution >= 4 is 27.3 Å². The molecule has 2 aliphatic rings. The number of amides is 1. The van der Waals surface area contributed by atoms with Gasteiger partial charge in [-0.2, -0.15) is 4.31 Å². The summed E-state index contributed by atoms with van der Waals surface area (Å²) in [6.07, 6.45) is 3.71. The Balaban J connectivity index is 1.56.